The zero-order valence-electron chi connectivity index (χ0n) is 9.05. The largest absolute Gasteiger partial charge is 0.365 e. The van der Waals surface area contributed by atoms with Crippen LogP contribution in [0.4, 0.5) is 5.69 Å². The molecule has 80 valence electrons. The third kappa shape index (κ3) is 1.84. The minimum atomic E-state index is 0.0963. The van der Waals surface area contributed by atoms with Gasteiger partial charge in [0.15, 0.2) is 0 Å². The second-order valence-corrected chi connectivity index (χ2v) is 4.04. The van der Waals surface area contributed by atoms with Crippen molar-refractivity contribution in [2.24, 2.45) is 5.92 Å². The van der Waals surface area contributed by atoms with Gasteiger partial charge in [0.25, 0.3) is 0 Å². The number of carbonyl (C=O) groups excluding carboxylic acids is 1. The van der Waals surface area contributed by atoms with Crippen LogP contribution in [0.2, 0.25) is 0 Å². The molecule has 1 aliphatic heterocycles. The highest BCUT2D eigenvalue weighted by Gasteiger charge is 2.30. The first-order valence-corrected chi connectivity index (χ1v) is 5.24. The monoisotopic (exact) mass is 205 g/mol. The maximum absolute atomic E-state index is 11.5. The second kappa shape index (κ2) is 3.96. The van der Waals surface area contributed by atoms with E-state index in [1.54, 1.807) is 12.4 Å². The highest BCUT2D eigenvalue weighted by molar-refractivity contribution is 5.83. The van der Waals surface area contributed by atoms with Gasteiger partial charge in [-0.25, -0.2) is 9.97 Å². The molecule has 0 N–H and O–H groups in total. The molecule has 0 radical (unpaired) electrons. The Kier molecular flexibility index (Phi) is 2.66. The van der Waals surface area contributed by atoms with Gasteiger partial charge in [-0.15, -0.1) is 0 Å². The summed E-state index contributed by atoms with van der Waals surface area (Å²) in [7, 11) is 0. The number of aromatic nitrogens is 2. The predicted molar refractivity (Wildman–Crippen MR) is 57.6 cm³/mol. The molecule has 4 nitrogen and oxygen atoms in total. The number of Topliss-reactive ketones (excluding diaryl/α,β-unsaturated/α-hetero) is 1. The van der Waals surface area contributed by atoms with Gasteiger partial charge in [-0.3, -0.25) is 4.79 Å². The molecule has 0 amide bonds. The van der Waals surface area contributed by atoms with Crippen LogP contribution < -0.4 is 4.90 Å². The molecule has 0 aliphatic carbocycles. The molecule has 2 heterocycles. The summed E-state index contributed by atoms with van der Waals surface area (Å²) in [5.74, 6) is 0.453. The van der Waals surface area contributed by atoms with E-state index < -0.39 is 0 Å². The van der Waals surface area contributed by atoms with Crippen molar-refractivity contribution >= 4 is 11.5 Å². The van der Waals surface area contributed by atoms with Gasteiger partial charge in [-0.1, -0.05) is 6.92 Å². The van der Waals surface area contributed by atoms with Crippen LogP contribution in [0.1, 0.15) is 20.3 Å². The number of hydrogen-bond donors (Lipinski definition) is 0. The number of carbonyl (C=O) groups is 1. The SMILES string of the molecule is CC1C(=O)CCN(c2cncnc2)C1C. The summed E-state index contributed by atoms with van der Waals surface area (Å²) in [4.78, 5) is 21.7. The summed E-state index contributed by atoms with van der Waals surface area (Å²) in [5.41, 5.74) is 1.00. The first-order valence-electron chi connectivity index (χ1n) is 5.24. The number of rotatable bonds is 1. The number of piperidine rings is 1. The third-order valence-electron chi connectivity index (χ3n) is 3.20. The Morgan fingerprint density at radius 1 is 1.33 bits per heavy atom. The third-order valence-corrected chi connectivity index (χ3v) is 3.20. The quantitative estimate of drug-likeness (QED) is 0.693. The predicted octanol–water partition coefficient (Wildman–Crippen LogP) is 1.28. The summed E-state index contributed by atoms with van der Waals surface area (Å²) < 4.78 is 0. The number of hydrogen-bond acceptors (Lipinski definition) is 4. The fraction of sp³-hybridized carbons (Fsp3) is 0.545. The van der Waals surface area contributed by atoms with Crippen molar-refractivity contribution in [3.8, 4) is 0 Å². The van der Waals surface area contributed by atoms with Crippen LogP contribution in [-0.4, -0.2) is 28.3 Å². The second-order valence-electron chi connectivity index (χ2n) is 4.04. The molecule has 1 aliphatic rings. The fourth-order valence-corrected chi connectivity index (χ4v) is 2.00. The van der Waals surface area contributed by atoms with Gasteiger partial charge >= 0.3 is 0 Å². The zero-order valence-corrected chi connectivity index (χ0v) is 9.05. The minimum absolute atomic E-state index is 0.0963. The van der Waals surface area contributed by atoms with E-state index in [9.17, 15) is 4.79 Å². The summed E-state index contributed by atoms with van der Waals surface area (Å²) in [6.07, 6.45) is 5.74. The lowest BCUT2D eigenvalue weighted by molar-refractivity contribution is -0.123. The molecule has 0 bridgehead atoms. The van der Waals surface area contributed by atoms with Gasteiger partial charge in [0.1, 0.15) is 12.1 Å². The summed E-state index contributed by atoms with van der Waals surface area (Å²) in [5, 5.41) is 0. The zero-order chi connectivity index (χ0) is 10.8. The van der Waals surface area contributed by atoms with Gasteiger partial charge in [0.05, 0.1) is 18.1 Å². The average Bonchev–Trinajstić information content (AvgIpc) is 2.27. The van der Waals surface area contributed by atoms with Crippen LogP contribution >= 0.6 is 0 Å². The first kappa shape index (κ1) is 10.1. The smallest absolute Gasteiger partial charge is 0.139 e. The molecule has 0 aromatic carbocycles. The van der Waals surface area contributed by atoms with Crippen LogP contribution in [0.15, 0.2) is 18.7 Å². The van der Waals surface area contributed by atoms with E-state index >= 15 is 0 Å². The molecule has 2 unspecified atom stereocenters. The lowest BCUT2D eigenvalue weighted by Gasteiger charge is -2.38. The van der Waals surface area contributed by atoms with E-state index in [2.05, 4.69) is 21.8 Å². The molecule has 1 aromatic heterocycles. The van der Waals surface area contributed by atoms with Gasteiger partial charge in [0.2, 0.25) is 0 Å². The highest BCUT2D eigenvalue weighted by atomic mass is 16.1. The standard InChI is InChI=1S/C11H15N3O/c1-8-9(2)14(4-3-11(8)15)10-5-12-7-13-6-10/h5-9H,3-4H2,1-2H3. The maximum atomic E-state index is 11.5. The van der Waals surface area contributed by atoms with Crippen molar-refractivity contribution in [1.29, 1.82) is 0 Å². The van der Waals surface area contributed by atoms with E-state index in [1.807, 2.05) is 6.92 Å². The lowest BCUT2D eigenvalue weighted by Crippen LogP contribution is -2.47. The Bertz CT molecular complexity index is 352. The molecule has 0 spiro atoms. The van der Waals surface area contributed by atoms with Crippen molar-refractivity contribution in [1.82, 2.24) is 9.97 Å². The highest BCUT2D eigenvalue weighted by Crippen LogP contribution is 2.25. The van der Waals surface area contributed by atoms with Crippen molar-refractivity contribution in [2.75, 3.05) is 11.4 Å². The minimum Gasteiger partial charge on any atom is -0.365 e. The van der Waals surface area contributed by atoms with Gasteiger partial charge in [0, 0.05) is 24.9 Å². The van der Waals surface area contributed by atoms with E-state index in [1.165, 1.54) is 6.33 Å². The molecule has 0 saturated carbocycles. The van der Waals surface area contributed by atoms with Gasteiger partial charge in [-0.2, -0.15) is 0 Å². The molecule has 4 heteroatoms. The van der Waals surface area contributed by atoms with E-state index in [0.717, 1.165) is 12.2 Å². The Morgan fingerprint density at radius 3 is 2.67 bits per heavy atom. The maximum Gasteiger partial charge on any atom is 0.139 e. The van der Waals surface area contributed by atoms with Crippen LogP contribution in [0.5, 0.6) is 0 Å². The average molecular weight is 205 g/mol. The fourth-order valence-electron chi connectivity index (χ4n) is 2.00. The number of nitrogens with zero attached hydrogens (tertiary/aromatic N) is 3. The van der Waals surface area contributed by atoms with E-state index in [4.69, 9.17) is 0 Å². The summed E-state index contributed by atoms with van der Waals surface area (Å²) >= 11 is 0. The molecule has 2 atom stereocenters. The Balaban J connectivity index is 2.21. The van der Waals surface area contributed by atoms with Crippen LogP contribution in [0.25, 0.3) is 0 Å². The normalized spacial score (nSPS) is 26.8. The summed E-state index contributed by atoms with van der Waals surface area (Å²) in [6.45, 7) is 4.84. The number of anilines is 1. The van der Waals surface area contributed by atoms with E-state index in [-0.39, 0.29) is 12.0 Å². The Hall–Kier alpha value is -1.45. The van der Waals surface area contributed by atoms with E-state index in [0.29, 0.717) is 12.2 Å². The summed E-state index contributed by atoms with van der Waals surface area (Å²) in [6, 6.07) is 0.234. The Labute approximate surface area is 89.3 Å². The van der Waals surface area contributed by atoms with Gasteiger partial charge < -0.3 is 4.90 Å². The van der Waals surface area contributed by atoms with Crippen LogP contribution in [0, 0.1) is 5.92 Å². The van der Waals surface area contributed by atoms with Crippen molar-refractivity contribution in [3.63, 3.8) is 0 Å². The van der Waals surface area contributed by atoms with Crippen LogP contribution in [-0.2, 0) is 4.79 Å². The van der Waals surface area contributed by atoms with Crippen molar-refractivity contribution in [3.05, 3.63) is 18.7 Å². The topological polar surface area (TPSA) is 46.1 Å². The molecule has 2 rings (SSSR count). The first-order chi connectivity index (χ1) is 7.20. The molecule has 1 fully saturated rings. The Morgan fingerprint density at radius 2 is 2.00 bits per heavy atom. The van der Waals surface area contributed by atoms with Crippen LogP contribution in [0.3, 0.4) is 0 Å². The van der Waals surface area contributed by atoms with Crippen molar-refractivity contribution < 1.29 is 4.79 Å². The lowest BCUT2D eigenvalue weighted by atomic mass is 9.90. The molecule has 1 aromatic rings. The number of ketones is 1. The molecule has 15 heavy (non-hydrogen) atoms. The molecule has 1 saturated heterocycles. The molecular weight excluding hydrogens is 190 g/mol. The van der Waals surface area contributed by atoms with Gasteiger partial charge in [-0.05, 0) is 6.92 Å². The molecular formula is C11H15N3O. The van der Waals surface area contributed by atoms with Crippen molar-refractivity contribution in [2.45, 2.75) is 26.3 Å².